The van der Waals surface area contributed by atoms with E-state index in [4.69, 9.17) is 17.4 Å². The van der Waals surface area contributed by atoms with Gasteiger partial charge in [-0.15, -0.1) is 11.3 Å². The molecule has 3 N–H and O–H groups in total. The molecule has 0 spiro atoms. The number of nitrogens with one attached hydrogen (secondary N) is 1. The van der Waals surface area contributed by atoms with Crippen molar-refractivity contribution in [1.82, 2.24) is 9.97 Å². The average molecular weight is 201 g/mol. The van der Waals surface area contributed by atoms with Crippen molar-refractivity contribution in [2.45, 2.75) is 0 Å². The second-order valence-electron chi connectivity index (χ2n) is 2.13. The monoisotopic (exact) mass is 200 g/mol. The fourth-order valence-corrected chi connectivity index (χ4v) is 2.08. The minimum absolute atomic E-state index is 0.561. The first-order valence-electron chi connectivity index (χ1n) is 3.17. The molecule has 4 nitrogen and oxygen atoms in total. The van der Waals surface area contributed by atoms with E-state index in [0.717, 1.165) is 10.2 Å². The van der Waals surface area contributed by atoms with Crippen LogP contribution in [-0.2, 0) is 0 Å². The third-order valence-corrected chi connectivity index (χ3v) is 2.78. The molecular weight excluding hydrogens is 196 g/mol. The Hall–Kier alpha value is -0.910. The van der Waals surface area contributed by atoms with Gasteiger partial charge >= 0.3 is 0 Å². The molecular formula is C6H5ClN4S. The molecule has 6 heteroatoms. The SMILES string of the molecule is NNc1ncnc2scc(Cl)c12. The molecule has 0 aliphatic heterocycles. The molecule has 2 rings (SSSR count). The number of nitrogen functional groups attached to an aromatic ring is 1. The number of hydrogen-bond donors (Lipinski definition) is 2. The average Bonchev–Trinajstić information content (AvgIpc) is 2.48. The first-order chi connectivity index (χ1) is 5.83. The van der Waals surface area contributed by atoms with Crippen LogP contribution in [0.15, 0.2) is 11.7 Å². The van der Waals surface area contributed by atoms with Crippen molar-refractivity contribution < 1.29 is 0 Å². The van der Waals surface area contributed by atoms with Crippen LogP contribution in [0, 0.1) is 0 Å². The number of hydrogen-bond acceptors (Lipinski definition) is 5. The Morgan fingerprint density at radius 1 is 1.50 bits per heavy atom. The van der Waals surface area contributed by atoms with Gasteiger partial charge in [0, 0.05) is 5.38 Å². The molecule has 0 unspecified atom stereocenters. The van der Waals surface area contributed by atoms with Crippen molar-refractivity contribution in [2.75, 3.05) is 5.43 Å². The third-order valence-electron chi connectivity index (χ3n) is 1.46. The zero-order chi connectivity index (χ0) is 8.55. The summed E-state index contributed by atoms with van der Waals surface area (Å²) >= 11 is 7.36. The van der Waals surface area contributed by atoms with E-state index < -0.39 is 0 Å². The number of fused-ring (bicyclic) bond motifs is 1. The van der Waals surface area contributed by atoms with Crippen molar-refractivity contribution in [3.8, 4) is 0 Å². The molecule has 0 atom stereocenters. The highest BCUT2D eigenvalue weighted by atomic mass is 35.5. The van der Waals surface area contributed by atoms with E-state index in [1.165, 1.54) is 17.7 Å². The molecule has 0 saturated heterocycles. The van der Waals surface area contributed by atoms with Crippen LogP contribution in [0.3, 0.4) is 0 Å². The quantitative estimate of drug-likeness (QED) is 0.543. The van der Waals surface area contributed by atoms with Crippen LogP contribution in [-0.4, -0.2) is 9.97 Å². The molecule has 0 aliphatic rings. The molecule has 0 fully saturated rings. The highest BCUT2D eigenvalue weighted by Gasteiger charge is 2.07. The number of nitrogens with two attached hydrogens (primary N) is 1. The largest absolute Gasteiger partial charge is 0.308 e. The molecule has 2 aromatic heterocycles. The van der Waals surface area contributed by atoms with E-state index in [2.05, 4.69) is 15.4 Å². The summed E-state index contributed by atoms with van der Waals surface area (Å²) in [5.74, 6) is 5.81. The molecule has 2 heterocycles. The zero-order valence-corrected chi connectivity index (χ0v) is 7.49. The Balaban J connectivity index is 2.84. The van der Waals surface area contributed by atoms with E-state index in [-0.39, 0.29) is 0 Å². The maximum absolute atomic E-state index is 5.89. The van der Waals surface area contributed by atoms with E-state index in [0.29, 0.717) is 10.8 Å². The lowest BCUT2D eigenvalue weighted by molar-refractivity contribution is 1.19. The molecule has 0 saturated carbocycles. The summed E-state index contributed by atoms with van der Waals surface area (Å²) in [7, 11) is 0. The van der Waals surface area contributed by atoms with E-state index >= 15 is 0 Å². The fourth-order valence-electron chi connectivity index (χ4n) is 0.950. The molecule has 0 aliphatic carbocycles. The van der Waals surface area contributed by atoms with Crippen molar-refractivity contribution in [2.24, 2.45) is 5.84 Å². The van der Waals surface area contributed by atoms with Gasteiger partial charge in [0.15, 0.2) is 5.82 Å². The van der Waals surface area contributed by atoms with Crippen LogP contribution < -0.4 is 11.3 Å². The van der Waals surface area contributed by atoms with Crippen molar-refractivity contribution in [3.05, 3.63) is 16.7 Å². The molecule has 12 heavy (non-hydrogen) atoms. The van der Waals surface area contributed by atoms with E-state index in [1.807, 2.05) is 5.38 Å². The lowest BCUT2D eigenvalue weighted by Gasteiger charge is -1.98. The fraction of sp³-hybridized carbons (Fsp3) is 0. The predicted octanol–water partition coefficient (Wildman–Crippen LogP) is 1.63. The summed E-state index contributed by atoms with van der Waals surface area (Å²) < 4.78 is 0. The molecule has 2 aromatic rings. The van der Waals surface area contributed by atoms with Crippen molar-refractivity contribution in [3.63, 3.8) is 0 Å². The minimum Gasteiger partial charge on any atom is -0.308 e. The van der Waals surface area contributed by atoms with Crippen LogP contribution in [0.5, 0.6) is 0 Å². The summed E-state index contributed by atoms with van der Waals surface area (Å²) in [6.45, 7) is 0. The van der Waals surface area contributed by atoms with Gasteiger partial charge in [-0.1, -0.05) is 11.6 Å². The Bertz CT molecular complexity index is 413. The van der Waals surface area contributed by atoms with Crippen LogP contribution >= 0.6 is 22.9 Å². The van der Waals surface area contributed by atoms with Crippen LogP contribution in [0.2, 0.25) is 5.02 Å². The Kier molecular flexibility index (Phi) is 1.84. The summed E-state index contributed by atoms with van der Waals surface area (Å²) in [5, 5.41) is 3.22. The highest BCUT2D eigenvalue weighted by Crippen LogP contribution is 2.31. The van der Waals surface area contributed by atoms with Crippen LogP contribution in [0.4, 0.5) is 5.82 Å². The van der Waals surface area contributed by atoms with E-state index in [9.17, 15) is 0 Å². The Morgan fingerprint density at radius 2 is 2.33 bits per heavy atom. The second-order valence-corrected chi connectivity index (χ2v) is 3.40. The normalized spacial score (nSPS) is 10.5. The lowest BCUT2D eigenvalue weighted by atomic mass is 10.4. The molecule has 62 valence electrons. The van der Waals surface area contributed by atoms with Gasteiger partial charge in [-0.25, -0.2) is 15.8 Å². The van der Waals surface area contributed by atoms with Crippen LogP contribution in [0.25, 0.3) is 10.2 Å². The number of nitrogens with zero attached hydrogens (tertiary/aromatic N) is 2. The maximum Gasteiger partial charge on any atom is 0.153 e. The number of aromatic nitrogens is 2. The summed E-state index contributed by atoms with van der Waals surface area (Å²) in [5.41, 5.74) is 2.47. The van der Waals surface area contributed by atoms with Gasteiger partial charge in [-0.05, 0) is 0 Å². The first-order valence-corrected chi connectivity index (χ1v) is 4.43. The van der Waals surface area contributed by atoms with Crippen molar-refractivity contribution >= 4 is 39.0 Å². The first kappa shape index (κ1) is 7.72. The standard InChI is InChI=1S/C6H5ClN4S/c7-3-1-12-6-4(3)5(11-8)9-2-10-6/h1-2H,8H2,(H,9,10,11). The molecule has 0 bridgehead atoms. The predicted molar refractivity (Wildman–Crippen MR) is 50.2 cm³/mol. The second kappa shape index (κ2) is 2.85. The zero-order valence-electron chi connectivity index (χ0n) is 5.91. The van der Waals surface area contributed by atoms with Gasteiger partial charge in [0.1, 0.15) is 11.2 Å². The summed E-state index contributed by atoms with van der Waals surface area (Å²) in [4.78, 5) is 8.81. The van der Waals surface area contributed by atoms with Gasteiger partial charge in [0.2, 0.25) is 0 Å². The topological polar surface area (TPSA) is 63.8 Å². The Morgan fingerprint density at radius 3 is 3.08 bits per heavy atom. The minimum atomic E-state index is 0.561. The number of halogens is 1. The maximum atomic E-state index is 5.89. The smallest absolute Gasteiger partial charge is 0.153 e. The van der Waals surface area contributed by atoms with Gasteiger partial charge in [0.05, 0.1) is 10.4 Å². The lowest BCUT2D eigenvalue weighted by Crippen LogP contribution is -2.08. The molecule has 0 amide bonds. The van der Waals surface area contributed by atoms with Gasteiger partial charge in [-0.2, -0.15) is 0 Å². The summed E-state index contributed by atoms with van der Waals surface area (Å²) in [6, 6.07) is 0. The number of hydrazine groups is 1. The van der Waals surface area contributed by atoms with E-state index in [1.54, 1.807) is 0 Å². The van der Waals surface area contributed by atoms with Gasteiger partial charge < -0.3 is 5.43 Å². The Labute approximate surface area is 77.4 Å². The van der Waals surface area contributed by atoms with Crippen molar-refractivity contribution in [1.29, 1.82) is 0 Å². The number of thiophene rings is 1. The third kappa shape index (κ3) is 1.03. The highest BCUT2D eigenvalue weighted by molar-refractivity contribution is 7.17. The van der Waals surface area contributed by atoms with Crippen LogP contribution in [0.1, 0.15) is 0 Å². The molecule has 0 radical (unpaired) electrons. The van der Waals surface area contributed by atoms with Gasteiger partial charge in [0.25, 0.3) is 0 Å². The van der Waals surface area contributed by atoms with Gasteiger partial charge in [-0.3, -0.25) is 0 Å². The molecule has 0 aromatic carbocycles. The summed E-state index contributed by atoms with van der Waals surface area (Å²) in [6.07, 6.45) is 1.45. The number of rotatable bonds is 1. The number of anilines is 1.